The van der Waals surface area contributed by atoms with Crippen LogP contribution in [0.15, 0.2) is 6.20 Å². The standard InChI is InChI=1S/C8H11ClN2S2.ClH/c9-8-11-4-7(13-8)5-12-6-1-2-10-3-6;/h4,6,10H,1-3,5H2;1H/t6-;/m0./s1. The van der Waals surface area contributed by atoms with Crippen molar-refractivity contribution in [1.29, 1.82) is 0 Å². The van der Waals surface area contributed by atoms with Gasteiger partial charge in [0, 0.05) is 28.6 Å². The summed E-state index contributed by atoms with van der Waals surface area (Å²) in [7, 11) is 0. The molecule has 0 unspecified atom stereocenters. The fourth-order valence-corrected chi connectivity index (χ4v) is 3.53. The van der Waals surface area contributed by atoms with E-state index in [1.54, 1.807) is 11.3 Å². The Morgan fingerprint density at radius 2 is 2.57 bits per heavy atom. The fourth-order valence-electron chi connectivity index (χ4n) is 1.32. The van der Waals surface area contributed by atoms with Gasteiger partial charge in [-0.05, 0) is 13.0 Å². The largest absolute Gasteiger partial charge is 0.316 e. The zero-order valence-electron chi connectivity index (χ0n) is 7.53. The number of hydrogen-bond acceptors (Lipinski definition) is 4. The van der Waals surface area contributed by atoms with Crippen molar-refractivity contribution in [2.45, 2.75) is 17.4 Å². The van der Waals surface area contributed by atoms with E-state index in [9.17, 15) is 0 Å². The van der Waals surface area contributed by atoms with E-state index >= 15 is 0 Å². The van der Waals surface area contributed by atoms with Crippen molar-refractivity contribution in [1.82, 2.24) is 10.3 Å². The van der Waals surface area contributed by atoms with Gasteiger partial charge in [-0.25, -0.2) is 4.98 Å². The van der Waals surface area contributed by atoms with Gasteiger partial charge >= 0.3 is 0 Å². The van der Waals surface area contributed by atoms with Crippen molar-refractivity contribution in [3.63, 3.8) is 0 Å². The molecule has 0 saturated carbocycles. The minimum absolute atomic E-state index is 0. The molecule has 1 atom stereocenters. The van der Waals surface area contributed by atoms with E-state index in [2.05, 4.69) is 10.3 Å². The van der Waals surface area contributed by atoms with E-state index in [0.717, 1.165) is 17.5 Å². The highest BCUT2D eigenvalue weighted by atomic mass is 35.5. The molecule has 1 aliphatic heterocycles. The van der Waals surface area contributed by atoms with E-state index in [1.165, 1.54) is 17.8 Å². The zero-order chi connectivity index (χ0) is 9.10. The molecule has 1 aliphatic rings. The first kappa shape index (κ1) is 12.6. The second-order valence-corrected chi connectivity index (χ2v) is 5.99. The van der Waals surface area contributed by atoms with Crippen LogP contribution in [0.4, 0.5) is 0 Å². The van der Waals surface area contributed by atoms with Gasteiger partial charge in [0.15, 0.2) is 4.47 Å². The van der Waals surface area contributed by atoms with E-state index < -0.39 is 0 Å². The topological polar surface area (TPSA) is 24.9 Å². The molecule has 0 amide bonds. The molecule has 0 aliphatic carbocycles. The number of rotatable bonds is 3. The number of nitrogens with one attached hydrogen (secondary N) is 1. The van der Waals surface area contributed by atoms with E-state index in [1.807, 2.05) is 18.0 Å². The average molecular weight is 271 g/mol. The summed E-state index contributed by atoms with van der Waals surface area (Å²) in [6.07, 6.45) is 3.17. The third-order valence-electron chi connectivity index (χ3n) is 2.00. The van der Waals surface area contributed by atoms with Crippen LogP contribution in [0.5, 0.6) is 0 Å². The number of halogens is 2. The lowest BCUT2D eigenvalue weighted by Crippen LogP contribution is -2.10. The zero-order valence-corrected chi connectivity index (χ0v) is 10.7. The Hall–Kier alpha value is 0.520. The third kappa shape index (κ3) is 3.59. The maximum Gasteiger partial charge on any atom is 0.183 e. The van der Waals surface area contributed by atoms with E-state index in [-0.39, 0.29) is 12.4 Å². The smallest absolute Gasteiger partial charge is 0.183 e. The van der Waals surface area contributed by atoms with Crippen LogP contribution in [-0.4, -0.2) is 23.3 Å². The molecule has 0 bridgehead atoms. The summed E-state index contributed by atoms with van der Waals surface area (Å²) in [4.78, 5) is 5.30. The molecule has 1 aromatic heterocycles. The summed E-state index contributed by atoms with van der Waals surface area (Å²) in [6.45, 7) is 2.32. The third-order valence-corrected chi connectivity index (χ3v) is 4.65. The molecule has 0 spiro atoms. The molecule has 1 aromatic rings. The highest BCUT2D eigenvalue weighted by Gasteiger charge is 2.14. The van der Waals surface area contributed by atoms with Crippen LogP contribution in [-0.2, 0) is 5.75 Å². The molecule has 2 nitrogen and oxygen atoms in total. The monoisotopic (exact) mass is 270 g/mol. The summed E-state index contributed by atoms with van der Waals surface area (Å²) >= 11 is 9.33. The first-order valence-electron chi connectivity index (χ1n) is 4.27. The fraction of sp³-hybridized carbons (Fsp3) is 0.625. The molecule has 1 saturated heterocycles. The molecule has 1 fully saturated rings. The van der Waals surface area contributed by atoms with Crippen molar-refractivity contribution >= 4 is 47.1 Å². The highest BCUT2D eigenvalue weighted by Crippen LogP contribution is 2.26. The summed E-state index contributed by atoms with van der Waals surface area (Å²) in [5.41, 5.74) is 0. The second kappa shape index (κ2) is 6.18. The van der Waals surface area contributed by atoms with Crippen molar-refractivity contribution in [3.05, 3.63) is 15.5 Å². The van der Waals surface area contributed by atoms with Crippen LogP contribution >= 0.6 is 47.1 Å². The molecule has 1 N–H and O–H groups in total. The Bertz CT molecular complexity index is 274. The van der Waals surface area contributed by atoms with E-state index in [4.69, 9.17) is 11.6 Å². The van der Waals surface area contributed by atoms with Gasteiger partial charge in [-0.15, -0.1) is 23.7 Å². The summed E-state index contributed by atoms with van der Waals surface area (Å²) < 4.78 is 0.653. The van der Waals surface area contributed by atoms with Gasteiger partial charge in [0.2, 0.25) is 0 Å². The molecule has 6 heteroatoms. The van der Waals surface area contributed by atoms with Crippen LogP contribution in [0, 0.1) is 0 Å². The minimum Gasteiger partial charge on any atom is -0.316 e. The van der Waals surface area contributed by atoms with Gasteiger partial charge in [0.05, 0.1) is 0 Å². The van der Waals surface area contributed by atoms with E-state index in [0.29, 0.717) is 4.47 Å². The van der Waals surface area contributed by atoms with Gasteiger partial charge in [-0.2, -0.15) is 11.8 Å². The van der Waals surface area contributed by atoms with Crippen molar-refractivity contribution in [3.8, 4) is 0 Å². The quantitative estimate of drug-likeness (QED) is 0.915. The number of hydrogen-bond donors (Lipinski definition) is 1. The number of thioether (sulfide) groups is 1. The van der Waals surface area contributed by atoms with Crippen molar-refractivity contribution < 1.29 is 0 Å². The summed E-state index contributed by atoms with van der Waals surface area (Å²) in [5, 5.41) is 4.13. The molecular weight excluding hydrogens is 259 g/mol. The first-order chi connectivity index (χ1) is 6.34. The van der Waals surface area contributed by atoms with Crippen LogP contribution in [0.3, 0.4) is 0 Å². The van der Waals surface area contributed by atoms with Crippen molar-refractivity contribution in [2.24, 2.45) is 0 Å². The van der Waals surface area contributed by atoms with Gasteiger partial charge in [-0.3, -0.25) is 0 Å². The molecule has 0 radical (unpaired) electrons. The van der Waals surface area contributed by atoms with Gasteiger partial charge < -0.3 is 5.32 Å². The number of nitrogens with zero attached hydrogens (tertiary/aromatic N) is 1. The Morgan fingerprint density at radius 3 is 3.14 bits per heavy atom. The maximum atomic E-state index is 5.74. The molecule has 80 valence electrons. The van der Waals surface area contributed by atoms with Gasteiger partial charge in [0.25, 0.3) is 0 Å². The number of thiazole rings is 1. The van der Waals surface area contributed by atoms with Gasteiger partial charge in [0.1, 0.15) is 0 Å². The maximum absolute atomic E-state index is 5.74. The SMILES string of the molecule is Cl.Clc1ncc(CS[C@H]2CCNC2)s1. The number of aromatic nitrogens is 1. The average Bonchev–Trinajstić information content (AvgIpc) is 2.71. The predicted octanol–water partition coefficient (Wildman–Crippen LogP) is 2.81. The lowest BCUT2D eigenvalue weighted by atomic mass is 10.4. The minimum atomic E-state index is 0. The Kier molecular flexibility index (Phi) is 5.56. The molecule has 0 aromatic carbocycles. The van der Waals surface area contributed by atoms with Gasteiger partial charge in [-0.1, -0.05) is 11.6 Å². The van der Waals surface area contributed by atoms with Crippen LogP contribution in [0.25, 0.3) is 0 Å². The Balaban J connectivity index is 0.000000980. The molecular formula is C8H12Cl2N2S2. The molecule has 2 heterocycles. The van der Waals surface area contributed by atoms with Crippen LogP contribution < -0.4 is 5.32 Å². The van der Waals surface area contributed by atoms with Crippen LogP contribution in [0.1, 0.15) is 11.3 Å². The first-order valence-corrected chi connectivity index (χ1v) is 6.51. The molecule has 14 heavy (non-hydrogen) atoms. The Labute approximate surface area is 103 Å². The highest BCUT2D eigenvalue weighted by molar-refractivity contribution is 7.99. The van der Waals surface area contributed by atoms with Crippen LogP contribution in [0.2, 0.25) is 4.47 Å². The summed E-state index contributed by atoms with van der Waals surface area (Å²) in [5.74, 6) is 1.05. The lowest BCUT2D eigenvalue weighted by molar-refractivity contribution is 0.858. The predicted molar refractivity (Wildman–Crippen MR) is 66.9 cm³/mol. The lowest BCUT2D eigenvalue weighted by Gasteiger charge is -2.05. The normalized spacial score (nSPS) is 20.8. The second-order valence-electron chi connectivity index (χ2n) is 3.01. The Morgan fingerprint density at radius 1 is 1.71 bits per heavy atom. The molecule has 2 rings (SSSR count). The summed E-state index contributed by atoms with van der Waals surface area (Å²) in [6, 6.07) is 0. The van der Waals surface area contributed by atoms with Crippen molar-refractivity contribution in [2.75, 3.05) is 13.1 Å².